The van der Waals surface area contributed by atoms with Crippen molar-refractivity contribution in [3.05, 3.63) is 34.6 Å². The van der Waals surface area contributed by atoms with Crippen molar-refractivity contribution in [2.45, 2.75) is 20.3 Å². The lowest BCUT2D eigenvalue weighted by Gasteiger charge is -2.07. The third-order valence-electron chi connectivity index (χ3n) is 2.09. The lowest BCUT2D eigenvalue weighted by molar-refractivity contribution is 0.101. The van der Waals surface area contributed by atoms with Crippen LogP contribution < -0.4 is 0 Å². The smallest absolute Gasteiger partial charge is 0.163 e. The Labute approximate surface area is 82.0 Å². The minimum atomic E-state index is -0.548. The predicted molar refractivity (Wildman–Crippen MR) is 50.5 cm³/mol. The van der Waals surface area contributed by atoms with E-state index in [-0.39, 0.29) is 11.3 Å². The minimum Gasteiger partial charge on any atom is -0.294 e. The number of carbonyl (C=O) groups is 1. The van der Waals surface area contributed by atoms with Gasteiger partial charge in [-0.15, -0.1) is 0 Å². The molecule has 0 aliphatic carbocycles. The number of hydrogen-bond donors (Lipinski definition) is 0. The van der Waals surface area contributed by atoms with Crippen LogP contribution in [0.3, 0.4) is 0 Å². The third-order valence-corrected chi connectivity index (χ3v) is 2.09. The van der Waals surface area contributed by atoms with Crippen LogP contribution in [0.4, 0.5) is 4.39 Å². The molecule has 2 nitrogen and oxygen atoms in total. The molecule has 0 radical (unpaired) electrons. The summed E-state index contributed by atoms with van der Waals surface area (Å²) in [5, 5.41) is 8.76. The molecule has 1 aromatic rings. The molecule has 0 aromatic heterocycles. The van der Waals surface area contributed by atoms with Gasteiger partial charge in [-0.1, -0.05) is 6.92 Å². The monoisotopic (exact) mass is 191 g/mol. The zero-order chi connectivity index (χ0) is 10.7. The van der Waals surface area contributed by atoms with Crippen LogP contribution in [0, 0.1) is 17.1 Å². The van der Waals surface area contributed by atoms with E-state index in [1.807, 2.05) is 6.07 Å². The lowest BCUT2D eigenvalue weighted by Crippen LogP contribution is -2.05. The summed E-state index contributed by atoms with van der Waals surface area (Å²) in [5.74, 6) is -0.884. The molecule has 0 bridgehead atoms. The molecule has 1 aromatic carbocycles. The molecule has 3 heteroatoms. The number of benzene rings is 1. The SMILES string of the molecule is CCc1c(C#N)ccc(F)c1C(C)=O. The van der Waals surface area contributed by atoms with E-state index in [4.69, 9.17) is 5.26 Å². The second kappa shape index (κ2) is 4.01. The molecule has 72 valence electrons. The van der Waals surface area contributed by atoms with E-state index in [0.717, 1.165) is 6.07 Å². The summed E-state index contributed by atoms with van der Waals surface area (Å²) in [6.45, 7) is 3.10. The predicted octanol–water partition coefficient (Wildman–Crippen LogP) is 2.46. The molecule has 0 amide bonds. The van der Waals surface area contributed by atoms with Gasteiger partial charge in [0.1, 0.15) is 5.82 Å². The van der Waals surface area contributed by atoms with Gasteiger partial charge in [0.2, 0.25) is 0 Å². The van der Waals surface area contributed by atoms with Crippen LogP contribution >= 0.6 is 0 Å². The summed E-state index contributed by atoms with van der Waals surface area (Å²) >= 11 is 0. The van der Waals surface area contributed by atoms with E-state index < -0.39 is 5.82 Å². The molecule has 14 heavy (non-hydrogen) atoms. The molecule has 1 rings (SSSR count). The van der Waals surface area contributed by atoms with E-state index in [2.05, 4.69) is 0 Å². The molecule has 0 saturated carbocycles. The zero-order valence-corrected chi connectivity index (χ0v) is 8.10. The standard InChI is InChI=1S/C11H10FNO/c1-3-9-8(6-13)4-5-10(12)11(9)7(2)14/h4-5H,3H2,1-2H3. The van der Waals surface area contributed by atoms with Crippen molar-refractivity contribution in [2.24, 2.45) is 0 Å². The first-order valence-electron chi connectivity index (χ1n) is 4.34. The van der Waals surface area contributed by atoms with Crippen molar-refractivity contribution in [1.29, 1.82) is 5.26 Å². The number of halogens is 1. The van der Waals surface area contributed by atoms with Gasteiger partial charge >= 0.3 is 0 Å². The van der Waals surface area contributed by atoms with Crippen molar-refractivity contribution in [1.82, 2.24) is 0 Å². The van der Waals surface area contributed by atoms with Crippen molar-refractivity contribution < 1.29 is 9.18 Å². The Balaban J connectivity index is 3.53. The van der Waals surface area contributed by atoms with Crippen LogP contribution in [0.5, 0.6) is 0 Å². The van der Waals surface area contributed by atoms with Gasteiger partial charge in [-0.3, -0.25) is 4.79 Å². The largest absolute Gasteiger partial charge is 0.294 e. The Morgan fingerprint density at radius 2 is 2.21 bits per heavy atom. The Hall–Kier alpha value is -1.69. The van der Waals surface area contributed by atoms with Crippen LogP contribution in [-0.2, 0) is 6.42 Å². The fourth-order valence-electron chi connectivity index (χ4n) is 1.47. The van der Waals surface area contributed by atoms with Crippen molar-refractivity contribution in [2.75, 3.05) is 0 Å². The highest BCUT2D eigenvalue weighted by Gasteiger charge is 2.15. The van der Waals surface area contributed by atoms with Crippen molar-refractivity contribution >= 4 is 5.78 Å². The Morgan fingerprint density at radius 3 is 2.64 bits per heavy atom. The molecule has 0 spiro atoms. The van der Waals surface area contributed by atoms with Crippen molar-refractivity contribution in [3.63, 3.8) is 0 Å². The normalized spacial score (nSPS) is 9.57. The van der Waals surface area contributed by atoms with E-state index in [9.17, 15) is 9.18 Å². The second-order valence-corrected chi connectivity index (χ2v) is 2.97. The maximum Gasteiger partial charge on any atom is 0.163 e. The first-order chi connectivity index (χ1) is 6.61. The number of Topliss-reactive ketones (excluding diaryl/α,β-unsaturated/α-hetero) is 1. The first kappa shape index (κ1) is 10.4. The van der Waals surface area contributed by atoms with E-state index in [0.29, 0.717) is 17.5 Å². The number of nitrogens with zero attached hydrogens (tertiary/aromatic N) is 1. The van der Waals surface area contributed by atoms with Crippen LogP contribution in [0.25, 0.3) is 0 Å². The molecule has 0 N–H and O–H groups in total. The van der Waals surface area contributed by atoms with Crippen molar-refractivity contribution in [3.8, 4) is 6.07 Å². The number of ketones is 1. The van der Waals surface area contributed by atoms with Crippen LogP contribution in [0.1, 0.15) is 35.3 Å². The average Bonchev–Trinajstić information content (AvgIpc) is 2.16. The number of nitriles is 1. The van der Waals surface area contributed by atoms with Gasteiger partial charge in [0.15, 0.2) is 5.78 Å². The third kappa shape index (κ3) is 1.64. The zero-order valence-electron chi connectivity index (χ0n) is 8.10. The summed E-state index contributed by atoms with van der Waals surface area (Å²) in [5.41, 5.74) is 0.922. The van der Waals surface area contributed by atoms with E-state index in [1.165, 1.54) is 13.0 Å². The summed E-state index contributed by atoms with van der Waals surface area (Å²) < 4.78 is 13.3. The van der Waals surface area contributed by atoms with Gasteiger partial charge in [0, 0.05) is 0 Å². The maximum atomic E-state index is 13.3. The van der Waals surface area contributed by atoms with Gasteiger partial charge in [-0.05, 0) is 31.0 Å². The fraction of sp³-hybridized carbons (Fsp3) is 0.273. The summed E-state index contributed by atoms with van der Waals surface area (Å²) in [7, 11) is 0. The Morgan fingerprint density at radius 1 is 1.57 bits per heavy atom. The van der Waals surface area contributed by atoms with Gasteiger partial charge < -0.3 is 0 Å². The van der Waals surface area contributed by atoms with Crippen LogP contribution in [0.15, 0.2) is 12.1 Å². The first-order valence-corrected chi connectivity index (χ1v) is 4.34. The molecule has 0 aliphatic rings. The van der Waals surface area contributed by atoms with Crippen LogP contribution in [0.2, 0.25) is 0 Å². The fourth-order valence-corrected chi connectivity index (χ4v) is 1.47. The topological polar surface area (TPSA) is 40.9 Å². The molecular weight excluding hydrogens is 181 g/mol. The quantitative estimate of drug-likeness (QED) is 0.674. The van der Waals surface area contributed by atoms with Crippen LogP contribution in [-0.4, -0.2) is 5.78 Å². The Kier molecular flexibility index (Phi) is 2.98. The minimum absolute atomic E-state index is 0.0477. The highest BCUT2D eigenvalue weighted by Crippen LogP contribution is 2.19. The van der Waals surface area contributed by atoms with Gasteiger partial charge in [-0.25, -0.2) is 4.39 Å². The van der Waals surface area contributed by atoms with E-state index in [1.54, 1.807) is 6.92 Å². The van der Waals surface area contributed by atoms with Gasteiger partial charge in [-0.2, -0.15) is 5.26 Å². The molecule has 0 aliphatic heterocycles. The van der Waals surface area contributed by atoms with Gasteiger partial charge in [0.25, 0.3) is 0 Å². The molecule has 0 atom stereocenters. The molecule has 0 heterocycles. The second-order valence-electron chi connectivity index (χ2n) is 2.97. The molecule has 0 saturated heterocycles. The molecule has 0 fully saturated rings. The summed E-state index contributed by atoms with van der Waals surface area (Å²) in [6, 6.07) is 4.51. The lowest BCUT2D eigenvalue weighted by atomic mass is 9.96. The number of hydrogen-bond acceptors (Lipinski definition) is 2. The highest BCUT2D eigenvalue weighted by molar-refractivity contribution is 5.96. The van der Waals surface area contributed by atoms with Gasteiger partial charge in [0.05, 0.1) is 17.2 Å². The summed E-state index contributed by atoms with van der Waals surface area (Å²) in [4.78, 5) is 11.2. The van der Waals surface area contributed by atoms with E-state index >= 15 is 0 Å². The molecular formula is C11H10FNO. The number of carbonyl (C=O) groups excluding carboxylic acids is 1. The summed E-state index contributed by atoms with van der Waals surface area (Å²) in [6.07, 6.45) is 0.482. The Bertz CT molecular complexity index is 418. The molecule has 0 unspecified atom stereocenters. The maximum absolute atomic E-state index is 13.3. The highest BCUT2D eigenvalue weighted by atomic mass is 19.1. The average molecular weight is 191 g/mol. The number of rotatable bonds is 2.